The Bertz CT molecular complexity index is 408. The van der Waals surface area contributed by atoms with E-state index in [0.717, 1.165) is 25.1 Å². The van der Waals surface area contributed by atoms with Gasteiger partial charge >= 0.3 is 5.97 Å². The smallest absolute Gasteiger partial charge is 0.328 e. The van der Waals surface area contributed by atoms with Gasteiger partial charge in [-0.15, -0.1) is 0 Å². The van der Waals surface area contributed by atoms with Crippen LogP contribution in [0, 0.1) is 6.92 Å². The summed E-state index contributed by atoms with van der Waals surface area (Å²) in [6.07, 6.45) is 3.51. The standard InChI is InChI=1S/C12H17N3O2/c1-3-17-11(16)10-5-4-8-15(10)12-13-7-6-9(2)14-12/h6-7,10H,3-5,8H2,1-2H3. The third-order valence-corrected chi connectivity index (χ3v) is 2.85. The fraction of sp³-hybridized carbons (Fsp3) is 0.583. The minimum absolute atomic E-state index is 0.171. The fourth-order valence-electron chi connectivity index (χ4n) is 2.06. The van der Waals surface area contributed by atoms with Gasteiger partial charge in [-0.2, -0.15) is 0 Å². The number of carbonyl (C=O) groups is 1. The van der Waals surface area contributed by atoms with Crippen molar-refractivity contribution < 1.29 is 9.53 Å². The first kappa shape index (κ1) is 11.8. The molecule has 1 saturated heterocycles. The highest BCUT2D eigenvalue weighted by atomic mass is 16.5. The molecule has 92 valence electrons. The molecule has 0 N–H and O–H groups in total. The van der Waals surface area contributed by atoms with Crippen LogP contribution in [0.25, 0.3) is 0 Å². The van der Waals surface area contributed by atoms with Crippen LogP contribution < -0.4 is 4.90 Å². The van der Waals surface area contributed by atoms with Crippen LogP contribution in [0.15, 0.2) is 12.3 Å². The van der Waals surface area contributed by atoms with Crippen molar-refractivity contribution in [3.8, 4) is 0 Å². The molecule has 1 aromatic rings. The predicted octanol–water partition coefficient (Wildman–Crippen LogP) is 1.32. The Morgan fingerprint density at radius 2 is 2.47 bits per heavy atom. The summed E-state index contributed by atoms with van der Waals surface area (Å²) in [5, 5.41) is 0. The van der Waals surface area contributed by atoms with Crippen LogP contribution in [-0.2, 0) is 9.53 Å². The maximum atomic E-state index is 11.8. The molecule has 5 nitrogen and oxygen atoms in total. The van der Waals surface area contributed by atoms with E-state index in [4.69, 9.17) is 4.74 Å². The van der Waals surface area contributed by atoms with Gasteiger partial charge in [-0.25, -0.2) is 14.8 Å². The maximum absolute atomic E-state index is 11.8. The van der Waals surface area contributed by atoms with Crippen LogP contribution in [0.2, 0.25) is 0 Å². The Labute approximate surface area is 101 Å². The molecular weight excluding hydrogens is 218 g/mol. The van der Waals surface area contributed by atoms with E-state index < -0.39 is 0 Å². The second kappa shape index (κ2) is 5.12. The number of aromatic nitrogens is 2. The van der Waals surface area contributed by atoms with Crippen molar-refractivity contribution >= 4 is 11.9 Å². The summed E-state index contributed by atoms with van der Waals surface area (Å²) >= 11 is 0. The molecule has 1 aromatic heterocycles. The SMILES string of the molecule is CCOC(=O)C1CCCN1c1nccc(C)n1. The van der Waals surface area contributed by atoms with Crippen molar-refractivity contribution in [1.29, 1.82) is 0 Å². The van der Waals surface area contributed by atoms with E-state index in [1.165, 1.54) is 0 Å². The number of hydrogen-bond acceptors (Lipinski definition) is 5. The highest BCUT2D eigenvalue weighted by Gasteiger charge is 2.33. The largest absolute Gasteiger partial charge is 0.464 e. The van der Waals surface area contributed by atoms with E-state index in [1.54, 1.807) is 6.20 Å². The molecule has 1 unspecified atom stereocenters. The van der Waals surface area contributed by atoms with Crippen LogP contribution in [0.1, 0.15) is 25.5 Å². The lowest BCUT2D eigenvalue weighted by Crippen LogP contribution is -2.38. The average Bonchev–Trinajstić information content (AvgIpc) is 2.78. The van der Waals surface area contributed by atoms with Crippen molar-refractivity contribution in [2.45, 2.75) is 32.7 Å². The van der Waals surface area contributed by atoms with Crippen molar-refractivity contribution in [2.75, 3.05) is 18.1 Å². The molecule has 2 rings (SSSR count). The zero-order valence-electron chi connectivity index (χ0n) is 10.2. The van der Waals surface area contributed by atoms with Gasteiger partial charge in [0.1, 0.15) is 6.04 Å². The fourth-order valence-corrected chi connectivity index (χ4v) is 2.06. The summed E-state index contributed by atoms with van der Waals surface area (Å²) in [4.78, 5) is 22.3. The predicted molar refractivity (Wildman–Crippen MR) is 63.8 cm³/mol. The Morgan fingerprint density at radius 1 is 1.65 bits per heavy atom. The molecule has 1 fully saturated rings. The molecule has 1 aliphatic heterocycles. The molecule has 0 aromatic carbocycles. The minimum Gasteiger partial charge on any atom is -0.464 e. The van der Waals surface area contributed by atoms with Gasteiger partial charge in [0.15, 0.2) is 0 Å². The van der Waals surface area contributed by atoms with Crippen LogP contribution in [0.3, 0.4) is 0 Å². The van der Waals surface area contributed by atoms with Crippen LogP contribution in [0.4, 0.5) is 5.95 Å². The highest BCUT2D eigenvalue weighted by molar-refractivity contribution is 5.80. The summed E-state index contributed by atoms with van der Waals surface area (Å²) in [6.45, 7) is 4.96. The molecule has 1 aliphatic rings. The van der Waals surface area contributed by atoms with Crippen molar-refractivity contribution in [1.82, 2.24) is 9.97 Å². The van der Waals surface area contributed by atoms with Gasteiger partial charge in [-0.1, -0.05) is 0 Å². The zero-order valence-corrected chi connectivity index (χ0v) is 10.2. The first-order chi connectivity index (χ1) is 8.22. The lowest BCUT2D eigenvalue weighted by molar-refractivity contribution is -0.144. The minimum atomic E-state index is -0.225. The monoisotopic (exact) mass is 235 g/mol. The molecule has 2 heterocycles. The number of aryl methyl sites for hydroxylation is 1. The summed E-state index contributed by atoms with van der Waals surface area (Å²) in [7, 11) is 0. The lowest BCUT2D eigenvalue weighted by atomic mass is 10.2. The lowest BCUT2D eigenvalue weighted by Gasteiger charge is -2.22. The quantitative estimate of drug-likeness (QED) is 0.739. The van der Waals surface area contributed by atoms with Gasteiger partial charge in [0, 0.05) is 18.4 Å². The number of ether oxygens (including phenoxy) is 1. The third-order valence-electron chi connectivity index (χ3n) is 2.85. The summed E-state index contributed by atoms with van der Waals surface area (Å²) in [5.74, 6) is 0.454. The molecule has 0 spiro atoms. The third kappa shape index (κ3) is 2.54. The van der Waals surface area contributed by atoms with E-state index in [0.29, 0.717) is 12.6 Å². The molecule has 0 aliphatic carbocycles. The Kier molecular flexibility index (Phi) is 3.56. The number of esters is 1. The molecule has 0 radical (unpaired) electrons. The van der Waals surface area contributed by atoms with Gasteiger partial charge in [0.05, 0.1) is 6.61 Å². The van der Waals surface area contributed by atoms with E-state index in [9.17, 15) is 4.79 Å². The molecule has 1 atom stereocenters. The van der Waals surface area contributed by atoms with E-state index in [1.807, 2.05) is 24.8 Å². The number of carbonyl (C=O) groups excluding carboxylic acids is 1. The number of anilines is 1. The molecule has 0 amide bonds. The molecule has 17 heavy (non-hydrogen) atoms. The summed E-state index contributed by atoms with van der Waals surface area (Å²) < 4.78 is 5.07. The van der Waals surface area contributed by atoms with E-state index in [-0.39, 0.29) is 12.0 Å². The maximum Gasteiger partial charge on any atom is 0.328 e. The topological polar surface area (TPSA) is 55.3 Å². The Hall–Kier alpha value is -1.65. The highest BCUT2D eigenvalue weighted by Crippen LogP contribution is 2.23. The summed E-state index contributed by atoms with van der Waals surface area (Å²) in [5.41, 5.74) is 0.907. The molecule has 5 heteroatoms. The second-order valence-electron chi connectivity index (χ2n) is 4.10. The van der Waals surface area contributed by atoms with E-state index >= 15 is 0 Å². The molecule has 0 saturated carbocycles. The van der Waals surface area contributed by atoms with Crippen LogP contribution in [0.5, 0.6) is 0 Å². The number of rotatable bonds is 3. The number of nitrogens with zero attached hydrogens (tertiary/aromatic N) is 3. The molecular formula is C12H17N3O2. The van der Waals surface area contributed by atoms with Gasteiger partial charge in [-0.05, 0) is 32.8 Å². The van der Waals surface area contributed by atoms with Gasteiger partial charge in [0.25, 0.3) is 0 Å². The number of hydrogen-bond donors (Lipinski definition) is 0. The molecule has 0 bridgehead atoms. The van der Waals surface area contributed by atoms with E-state index in [2.05, 4.69) is 9.97 Å². The van der Waals surface area contributed by atoms with Crippen molar-refractivity contribution in [2.24, 2.45) is 0 Å². The van der Waals surface area contributed by atoms with Crippen LogP contribution in [-0.4, -0.2) is 35.1 Å². The first-order valence-electron chi connectivity index (χ1n) is 5.95. The van der Waals surface area contributed by atoms with Gasteiger partial charge < -0.3 is 9.64 Å². The summed E-state index contributed by atoms with van der Waals surface area (Å²) in [6, 6.07) is 1.62. The van der Waals surface area contributed by atoms with Gasteiger partial charge in [-0.3, -0.25) is 0 Å². The Morgan fingerprint density at radius 3 is 3.18 bits per heavy atom. The Balaban J connectivity index is 2.17. The van der Waals surface area contributed by atoms with Crippen molar-refractivity contribution in [3.63, 3.8) is 0 Å². The van der Waals surface area contributed by atoms with Gasteiger partial charge in [0.2, 0.25) is 5.95 Å². The van der Waals surface area contributed by atoms with Crippen LogP contribution >= 0.6 is 0 Å². The van der Waals surface area contributed by atoms with Crippen molar-refractivity contribution in [3.05, 3.63) is 18.0 Å². The second-order valence-corrected chi connectivity index (χ2v) is 4.10. The first-order valence-corrected chi connectivity index (χ1v) is 5.95. The average molecular weight is 235 g/mol. The zero-order chi connectivity index (χ0) is 12.3. The normalized spacial score (nSPS) is 19.4.